The molecule has 154 valence electrons. The van der Waals surface area contributed by atoms with Gasteiger partial charge in [-0.2, -0.15) is 0 Å². The number of fused-ring (bicyclic) bond motifs is 2. The predicted octanol–water partition coefficient (Wildman–Crippen LogP) is 4.17. The third-order valence-corrected chi connectivity index (χ3v) is 5.79. The summed E-state index contributed by atoms with van der Waals surface area (Å²) in [4.78, 5) is 18.0. The first kappa shape index (κ1) is 19.4. The van der Waals surface area contributed by atoms with Gasteiger partial charge in [0.15, 0.2) is 5.75 Å². The molecular weight excluding hydrogens is 366 g/mol. The van der Waals surface area contributed by atoms with Crippen LogP contribution in [0.15, 0.2) is 35.4 Å². The van der Waals surface area contributed by atoms with E-state index >= 15 is 0 Å². The summed E-state index contributed by atoms with van der Waals surface area (Å²) in [5.41, 5.74) is 3.47. The number of hydrogen-bond donors (Lipinski definition) is 1. The number of rotatable bonds is 4. The topological polar surface area (TPSA) is 59.5 Å². The zero-order valence-corrected chi connectivity index (χ0v) is 17.9. The SMILES string of the molecule is COc1cc(-c2cn(C)c(=O)c3[nH]ccc23)c2c(c1)N(C(C)C)CC(C(C)C)O2. The molecule has 0 spiro atoms. The van der Waals surface area contributed by atoms with Crippen LogP contribution in [-0.4, -0.2) is 35.4 Å². The first-order valence-electron chi connectivity index (χ1n) is 10.1. The van der Waals surface area contributed by atoms with Gasteiger partial charge < -0.3 is 23.9 Å². The number of methoxy groups -OCH3 is 1. The minimum atomic E-state index is -0.0460. The van der Waals surface area contributed by atoms with E-state index in [1.165, 1.54) is 0 Å². The van der Waals surface area contributed by atoms with E-state index in [1.54, 1.807) is 24.9 Å². The third-order valence-electron chi connectivity index (χ3n) is 5.79. The highest BCUT2D eigenvalue weighted by molar-refractivity contribution is 5.97. The summed E-state index contributed by atoms with van der Waals surface area (Å²) in [6.07, 6.45) is 3.78. The highest BCUT2D eigenvalue weighted by atomic mass is 16.5. The van der Waals surface area contributed by atoms with E-state index in [4.69, 9.17) is 9.47 Å². The smallest absolute Gasteiger partial charge is 0.274 e. The number of aryl methyl sites for hydroxylation is 1. The number of aromatic amines is 1. The van der Waals surface area contributed by atoms with Crippen LogP contribution in [0.5, 0.6) is 11.5 Å². The zero-order chi connectivity index (χ0) is 20.9. The molecule has 2 aromatic heterocycles. The van der Waals surface area contributed by atoms with Crippen LogP contribution in [0.4, 0.5) is 5.69 Å². The maximum absolute atomic E-state index is 12.5. The second kappa shape index (κ2) is 7.17. The van der Waals surface area contributed by atoms with Crippen molar-refractivity contribution in [1.29, 1.82) is 0 Å². The summed E-state index contributed by atoms with van der Waals surface area (Å²) < 4.78 is 13.8. The Balaban J connectivity index is 2.03. The molecule has 0 saturated carbocycles. The Morgan fingerprint density at radius 1 is 1.21 bits per heavy atom. The normalized spacial score (nSPS) is 16.4. The highest BCUT2D eigenvalue weighted by Gasteiger charge is 2.32. The third kappa shape index (κ3) is 3.16. The van der Waals surface area contributed by atoms with E-state index in [-0.39, 0.29) is 11.7 Å². The van der Waals surface area contributed by atoms with Crippen molar-refractivity contribution in [3.63, 3.8) is 0 Å². The van der Waals surface area contributed by atoms with Crippen LogP contribution in [0, 0.1) is 5.92 Å². The Morgan fingerprint density at radius 2 is 1.97 bits per heavy atom. The molecule has 1 N–H and O–H groups in total. The van der Waals surface area contributed by atoms with Gasteiger partial charge in [0.2, 0.25) is 0 Å². The molecule has 1 aliphatic heterocycles. The summed E-state index contributed by atoms with van der Waals surface area (Å²) in [6, 6.07) is 6.32. The average Bonchev–Trinajstić information content (AvgIpc) is 3.19. The molecule has 29 heavy (non-hydrogen) atoms. The second-order valence-electron chi connectivity index (χ2n) is 8.39. The Labute approximate surface area is 171 Å². The molecule has 0 amide bonds. The number of hydrogen-bond acceptors (Lipinski definition) is 4. The fourth-order valence-corrected chi connectivity index (χ4v) is 4.04. The number of pyridine rings is 1. The van der Waals surface area contributed by atoms with Gasteiger partial charge in [-0.1, -0.05) is 13.8 Å². The summed E-state index contributed by atoms with van der Waals surface area (Å²) in [6.45, 7) is 9.61. The first-order chi connectivity index (χ1) is 13.8. The molecule has 4 rings (SSSR count). The molecule has 0 bridgehead atoms. The largest absolute Gasteiger partial charge is 0.497 e. The van der Waals surface area contributed by atoms with Crippen LogP contribution in [0.1, 0.15) is 27.7 Å². The minimum absolute atomic E-state index is 0.0460. The van der Waals surface area contributed by atoms with E-state index in [0.717, 1.165) is 40.2 Å². The van der Waals surface area contributed by atoms with Crippen LogP contribution in [0.2, 0.25) is 0 Å². The fraction of sp³-hybridized carbons (Fsp3) is 0.435. The van der Waals surface area contributed by atoms with Crippen molar-refractivity contribution in [2.45, 2.75) is 39.8 Å². The molecule has 0 fully saturated rings. The zero-order valence-electron chi connectivity index (χ0n) is 17.9. The van der Waals surface area contributed by atoms with Gasteiger partial charge in [0, 0.05) is 48.1 Å². The molecule has 1 aliphatic rings. The van der Waals surface area contributed by atoms with E-state index in [0.29, 0.717) is 17.5 Å². The lowest BCUT2D eigenvalue weighted by molar-refractivity contribution is 0.144. The van der Waals surface area contributed by atoms with Crippen LogP contribution >= 0.6 is 0 Å². The molecule has 1 unspecified atom stereocenters. The average molecular weight is 396 g/mol. The lowest BCUT2D eigenvalue weighted by Gasteiger charge is -2.41. The summed E-state index contributed by atoms with van der Waals surface area (Å²) in [5, 5.41) is 0.884. The van der Waals surface area contributed by atoms with Crippen molar-refractivity contribution in [2.75, 3.05) is 18.6 Å². The summed E-state index contributed by atoms with van der Waals surface area (Å²) in [5.74, 6) is 2.01. The number of H-pyrrole nitrogens is 1. The van der Waals surface area contributed by atoms with Crippen molar-refractivity contribution in [1.82, 2.24) is 9.55 Å². The lowest BCUT2D eigenvalue weighted by Crippen LogP contribution is -2.46. The molecule has 0 aliphatic carbocycles. The molecular formula is C23H29N3O3. The Morgan fingerprint density at radius 3 is 2.62 bits per heavy atom. The second-order valence-corrected chi connectivity index (χ2v) is 8.39. The van der Waals surface area contributed by atoms with Gasteiger partial charge >= 0.3 is 0 Å². The van der Waals surface area contributed by atoms with Crippen molar-refractivity contribution in [3.05, 3.63) is 40.9 Å². The lowest BCUT2D eigenvalue weighted by atomic mass is 9.97. The van der Waals surface area contributed by atoms with E-state index in [9.17, 15) is 4.79 Å². The van der Waals surface area contributed by atoms with Crippen LogP contribution < -0.4 is 19.9 Å². The van der Waals surface area contributed by atoms with Crippen LogP contribution in [0.25, 0.3) is 22.0 Å². The van der Waals surface area contributed by atoms with Crippen molar-refractivity contribution in [2.24, 2.45) is 13.0 Å². The van der Waals surface area contributed by atoms with Gasteiger partial charge in [-0.3, -0.25) is 4.79 Å². The summed E-state index contributed by atoms with van der Waals surface area (Å²) >= 11 is 0. The van der Waals surface area contributed by atoms with Gasteiger partial charge in [-0.05, 0) is 31.9 Å². The standard InChI is InChI=1S/C23H29N3O3/c1-13(2)20-12-26(14(3)4)19-10-15(28-6)9-17(22(19)29-20)18-11-25(5)23(27)21-16(18)7-8-24-21/h7-11,13-14,20,24H,12H2,1-6H3. The quantitative estimate of drug-likeness (QED) is 0.720. The number of anilines is 1. The number of benzene rings is 1. The fourth-order valence-electron chi connectivity index (χ4n) is 4.04. The molecule has 6 nitrogen and oxygen atoms in total. The Bertz CT molecular complexity index is 1110. The van der Waals surface area contributed by atoms with Crippen molar-refractivity contribution < 1.29 is 9.47 Å². The molecule has 3 aromatic rings. The van der Waals surface area contributed by atoms with Gasteiger partial charge in [0.05, 0.1) is 19.3 Å². The molecule has 1 atom stereocenters. The predicted molar refractivity (Wildman–Crippen MR) is 117 cm³/mol. The minimum Gasteiger partial charge on any atom is -0.497 e. The van der Waals surface area contributed by atoms with Gasteiger partial charge in [0.25, 0.3) is 5.56 Å². The van der Waals surface area contributed by atoms with Crippen molar-refractivity contribution in [3.8, 4) is 22.6 Å². The van der Waals surface area contributed by atoms with E-state index < -0.39 is 0 Å². The number of nitrogens with one attached hydrogen (secondary N) is 1. The van der Waals surface area contributed by atoms with E-state index in [1.807, 2.05) is 24.4 Å². The maximum Gasteiger partial charge on any atom is 0.274 e. The van der Waals surface area contributed by atoms with E-state index in [2.05, 4.69) is 37.6 Å². The van der Waals surface area contributed by atoms with Crippen LogP contribution in [0.3, 0.4) is 0 Å². The van der Waals surface area contributed by atoms with Crippen molar-refractivity contribution >= 4 is 16.6 Å². The molecule has 1 aromatic carbocycles. The van der Waals surface area contributed by atoms with Crippen LogP contribution in [-0.2, 0) is 7.05 Å². The molecule has 0 radical (unpaired) electrons. The highest BCUT2D eigenvalue weighted by Crippen LogP contribution is 2.47. The van der Waals surface area contributed by atoms with Gasteiger partial charge in [0.1, 0.15) is 17.4 Å². The first-order valence-corrected chi connectivity index (χ1v) is 10.1. The number of aromatic nitrogens is 2. The number of nitrogens with zero attached hydrogens (tertiary/aromatic N) is 2. The van der Waals surface area contributed by atoms with Gasteiger partial charge in [-0.15, -0.1) is 0 Å². The monoisotopic (exact) mass is 395 g/mol. The number of ether oxygens (including phenoxy) is 2. The molecule has 0 saturated heterocycles. The van der Waals surface area contributed by atoms with Gasteiger partial charge in [-0.25, -0.2) is 0 Å². The molecule has 3 heterocycles. The Hall–Kier alpha value is -2.89. The Kier molecular flexibility index (Phi) is 4.81. The maximum atomic E-state index is 12.5. The summed E-state index contributed by atoms with van der Waals surface area (Å²) in [7, 11) is 3.45. The molecule has 6 heteroatoms.